The number of benzene rings is 2. The highest BCUT2D eigenvalue weighted by molar-refractivity contribution is 6.00. The van der Waals surface area contributed by atoms with Gasteiger partial charge in [-0.05, 0) is 29.8 Å². The first-order valence-corrected chi connectivity index (χ1v) is 9.71. The fourth-order valence-corrected chi connectivity index (χ4v) is 3.29. The summed E-state index contributed by atoms with van der Waals surface area (Å²) in [5, 5.41) is 2.81. The Morgan fingerprint density at radius 3 is 2.80 bits per heavy atom. The maximum absolute atomic E-state index is 14.0. The molecule has 160 valence electrons. The summed E-state index contributed by atoms with van der Waals surface area (Å²) in [4.78, 5) is 26.0. The van der Waals surface area contributed by atoms with Crippen LogP contribution in [0.1, 0.15) is 18.4 Å². The average molecular weight is 418 g/mol. The fraction of sp³-hybridized carbons (Fsp3) is 0.364. The van der Waals surface area contributed by atoms with Crippen LogP contribution in [0.4, 0.5) is 14.5 Å². The Morgan fingerprint density at radius 1 is 1.20 bits per heavy atom. The molecule has 2 amide bonds. The van der Waals surface area contributed by atoms with E-state index in [2.05, 4.69) is 5.32 Å². The van der Waals surface area contributed by atoms with E-state index in [4.69, 9.17) is 9.47 Å². The van der Waals surface area contributed by atoms with Crippen LogP contribution in [-0.4, -0.2) is 38.7 Å². The maximum atomic E-state index is 14.0. The van der Waals surface area contributed by atoms with Gasteiger partial charge in [0.2, 0.25) is 11.8 Å². The third kappa shape index (κ3) is 5.54. The van der Waals surface area contributed by atoms with Crippen molar-refractivity contribution in [2.45, 2.75) is 19.4 Å². The van der Waals surface area contributed by atoms with Crippen LogP contribution < -0.4 is 15.0 Å². The van der Waals surface area contributed by atoms with Crippen molar-refractivity contribution in [1.82, 2.24) is 5.32 Å². The minimum Gasteiger partial charge on any atom is -0.493 e. The van der Waals surface area contributed by atoms with Crippen molar-refractivity contribution in [2.75, 3.05) is 31.8 Å². The van der Waals surface area contributed by atoms with Gasteiger partial charge in [-0.1, -0.05) is 12.1 Å². The molecular weight excluding hydrogens is 394 g/mol. The van der Waals surface area contributed by atoms with Gasteiger partial charge in [-0.3, -0.25) is 9.59 Å². The molecule has 1 aliphatic heterocycles. The lowest BCUT2D eigenvalue weighted by molar-refractivity contribution is -0.126. The molecule has 1 heterocycles. The summed E-state index contributed by atoms with van der Waals surface area (Å²) in [5.74, 6) is -2.11. The first-order valence-electron chi connectivity index (χ1n) is 9.71. The molecule has 0 aromatic heterocycles. The molecule has 3 rings (SSSR count). The zero-order valence-electron chi connectivity index (χ0n) is 16.7. The normalized spacial score (nSPS) is 16.0. The fourth-order valence-electron chi connectivity index (χ4n) is 3.29. The van der Waals surface area contributed by atoms with E-state index in [0.717, 1.165) is 24.1 Å². The van der Waals surface area contributed by atoms with Crippen LogP contribution in [0.15, 0.2) is 42.5 Å². The first-order chi connectivity index (χ1) is 14.5. The van der Waals surface area contributed by atoms with Gasteiger partial charge in [0.25, 0.3) is 0 Å². The van der Waals surface area contributed by atoms with Crippen LogP contribution in [0.3, 0.4) is 0 Å². The van der Waals surface area contributed by atoms with E-state index in [1.54, 1.807) is 7.11 Å². The third-order valence-corrected chi connectivity index (χ3v) is 4.82. The van der Waals surface area contributed by atoms with Gasteiger partial charge in [0.15, 0.2) is 0 Å². The zero-order chi connectivity index (χ0) is 21.5. The van der Waals surface area contributed by atoms with Crippen LogP contribution in [0.25, 0.3) is 0 Å². The Kier molecular flexibility index (Phi) is 7.35. The van der Waals surface area contributed by atoms with E-state index in [1.807, 2.05) is 24.3 Å². The smallest absolute Gasteiger partial charge is 0.227 e. The summed E-state index contributed by atoms with van der Waals surface area (Å²) < 4.78 is 37.7. The Labute approximate surface area is 173 Å². The van der Waals surface area contributed by atoms with E-state index >= 15 is 0 Å². The van der Waals surface area contributed by atoms with Crippen LogP contribution in [0, 0.1) is 17.6 Å². The number of carbonyl (C=O) groups excluding carboxylic acids is 2. The van der Waals surface area contributed by atoms with Crippen molar-refractivity contribution < 1.29 is 27.8 Å². The van der Waals surface area contributed by atoms with Gasteiger partial charge < -0.3 is 19.7 Å². The predicted molar refractivity (Wildman–Crippen MR) is 107 cm³/mol. The highest BCUT2D eigenvalue weighted by atomic mass is 19.1. The molecule has 2 aromatic rings. The van der Waals surface area contributed by atoms with Gasteiger partial charge >= 0.3 is 0 Å². The average Bonchev–Trinajstić information content (AvgIpc) is 3.11. The highest BCUT2D eigenvalue weighted by Gasteiger charge is 2.36. The summed E-state index contributed by atoms with van der Waals surface area (Å²) in [6.45, 7) is 1.48. The van der Waals surface area contributed by atoms with Crippen LogP contribution in [0.5, 0.6) is 5.75 Å². The summed E-state index contributed by atoms with van der Waals surface area (Å²) in [7, 11) is 1.64. The van der Waals surface area contributed by atoms with E-state index in [-0.39, 0.29) is 37.0 Å². The second-order valence-electron chi connectivity index (χ2n) is 7.06. The standard InChI is InChI=1S/C22H24F2N2O4/c1-29-8-3-9-30-18-5-2-4-15(10-18)13-25-22(28)16-11-21(27)26(14-16)20-7-6-17(23)12-19(20)24/h2,4-7,10,12,16H,3,8-9,11,13-14H2,1H3,(H,25,28). The lowest BCUT2D eigenvalue weighted by Crippen LogP contribution is -2.32. The van der Waals surface area contributed by atoms with Gasteiger partial charge in [0, 0.05) is 45.7 Å². The molecule has 8 heteroatoms. The molecule has 30 heavy (non-hydrogen) atoms. The minimum atomic E-state index is -0.827. The number of nitrogens with one attached hydrogen (secondary N) is 1. The molecule has 0 spiro atoms. The minimum absolute atomic E-state index is 0.0185. The van der Waals surface area contributed by atoms with Gasteiger partial charge in [-0.15, -0.1) is 0 Å². The van der Waals surface area contributed by atoms with Gasteiger partial charge in [-0.2, -0.15) is 0 Å². The number of hydrogen-bond donors (Lipinski definition) is 1. The van der Waals surface area contributed by atoms with E-state index in [1.165, 1.54) is 11.0 Å². The molecule has 1 saturated heterocycles. The highest BCUT2D eigenvalue weighted by Crippen LogP contribution is 2.28. The predicted octanol–water partition coefficient (Wildman–Crippen LogP) is 3.05. The van der Waals surface area contributed by atoms with Gasteiger partial charge in [0.05, 0.1) is 18.2 Å². The number of methoxy groups -OCH3 is 1. The van der Waals surface area contributed by atoms with Crippen molar-refractivity contribution in [2.24, 2.45) is 5.92 Å². The quantitative estimate of drug-likeness (QED) is 0.636. The summed E-state index contributed by atoms with van der Waals surface area (Å²) in [5.41, 5.74) is 0.841. The zero-order valence-corrected chi connectivity index (χ0v) is 16.7. The van der Waals surface area contributed by atoms with Crippen LogP contribution in [-0.2, 0) is 20.9 Å². The van der Waals surface area contributed by atoms with Gasteiger partial charge in [-0.25, -0.2) is 8.78 Å². The molecule has 0 aliphatic carbocycles. The summed E-state index contributed by atoms with van der Waals surface area (Å²) in [6.07, 6.45) is 0.754. The SMILES string of the molecule is COCCCOc1cccc(CNC(=O)C2CC(=O)N(c3ccc(F)cc3F)C2)c1. The number of amides is 2. The Balaban J connectivity index is 1.54. The van der Waals surface area contributed by atoms with E-state index in [9.17, 15) is 18.4 Å². The van der Waals surface area contributed by atoms with Crippen molar-refractivity contribution in [3.8, 4) is 5.75 Å². The topological polar surface area (TPSA) is 67.9 Å². The lowest BCUT2D eigenvalue weighted by atomic mass is 10.1. The largest absolute Gasteiger partial charge is 0.493 e. The van der Waals surface area contributed by atoms with Crippen LogP contribution in [0.2, 0.25) is 0 Å². The number of anilines is 1. The maximum Gasteiger partial charge on any atom is 0.227 e. The number of nitrogens with zero attached hydrogens (tertiary/aromatic N) is 1. The molecule has 0 saturated carbocycles. The second-order valence-corrected chi connectivity index (χ2v) is 7.06. The number of rotatable bonds is 9. The van der Waals surface area contributed by atoms with Crippen molar-refractivity contribution in [3.63, 3.8) is 0 Å². The number of halogens is 2. The van der Waals surface area contributed by atoms with E-state index < -0.39 is 17.6 Å². The molecule has 1 unspecified atom stereocenters. The first kappa shape index (κ1) is 21.7. The van der Waals surface area contributed by atoms with E-state index in [0.29, 0.717) is 19.0 Å². The Hall–Kier alpha value is -3.00. The van der Waals surface area contributed by atoms with Crippen LogP contribution >= 0.6 is 0 Å². The van der Waals surface area contributed by atoms with Crippen molar-refractivity contribution in [1.29, 1.82) is 0 Å². The lowest BCUT2D eigenvalue weighted by Gasteiger charge is -2.17. The van der Waals surface area contributed by atoms with Gasteiger partial charge in [0.1, 0.15) is 17.4 Å². The molecule has 0 bridgehead atoms. The Morgan fingerprint density at radius 2 is 2.03 bits per heavy atom. The third-order valence-electron chi connectivity index (χ3n) is 4.82. The Bertz CT molecular complexity index is 906. The molecule has 0 radical (unpaired) electrons. The molecule has 2 aromatic carbocycles. The number of ether oxygens (including phenoxy) is 2. The monoisotopic (exact) mass is 418 g/mol. The van der Waals surface area contributed by atoms with Crippen molar-refractivity contribution in [3.05, 3.63) is 59.7 Å². The number of hydrogen-bond acceptors (Lipinski definition) is 4. The summed E-state index contributed by atoms with van der Waals surface area (Å²) >= 11 is 0. The molecule has 1 fully saturated rings. The molecule has 1 aliphatic rings. The molecule has 1 N–H and O–H groups in total. The number of carbonyl (C=O) groups is 2. The summed E-state index contributed by atoms with van der Waals surface area (Å²) in [6, 6.07) is 10.4. The molecule has 1 atom stereocenters. The van der Waals surface area contributed by atoms with Crippen molar-refractivity contribution >= 4 is 17.5 Å². The molecule has 6 nitrogen and oxygen atoms in total. The second kappa shape index (κ2) is 10.2. The molecular formula is C22H24F2N2O4.